The van der Waals surface area contributed by atoms with Gasteiger partial charge in [0.1, 0.15) is 16.5 Å². The fourth-order valence-corrected chi connectivity index (χ4v) is 4.00. The van der Waals surface area contributed by atoms with E-state index in [0.717, 1.165) is 24.1 Å². The number of carboxylic acids is 1. The van der Waals surface area contributed by atoms with E-state index in [2.05, 4.69) is 0 Å². The summed E-state index contributed by atoms with van der Waals surface area (Å²) in [5, 5.41) is 8.93. The average molecular weight is 414 g/mol. The third-order valence-electron chi connectivity index (χ3n) is 4.62. The number of rotatable bonds is 9. The van der Waals surface area contributed by atoms with Gasteiger partial charge in [-0.05, 0) is 66.8 Å². The van der Waals surface area contributed by atoms with Crippen LogP contribution in [-0.2, 0) is 6.42 Å². The van der Waals surface area contributed by atoms with Gasteiger partial charge >= 0.3 is 5.97 Å². The number of unbranched alkanes of at least 4 members (excludes halogenated alkanes) is 2. The predicted molar refractivity (Wildman–Crippen MR) is 110 cm³/mol. The molecule has 0 saturated heterocycles. The van der Waals surface area contributed by atoms with E-state index in [1.807, 2.05) is 6.07 Å². The zero-order valence-corrected chi connectivity index (χ0v) is 16.5. The lowest BCUT2D eigenvalue weighted by Crippen LogP contribution is -2.03. The largest absolute Gasteiger partial charge is 0.477 e. The minimum absolute atomic E-state index is 0.0242. The van der Waals surface area contributed by atoms with Crippen molar-refractivity contribution in [3.05, 3.63) is 81.5 Å². The first-order valence-corrected chi connectivity index (χ1v) is 10.2. The Morgan fingerprint density at radius 3 is 2.41 bits per heavy atom. The first-order chi connectivity index (χ1) is 13.9. The molecule has 0 amide bonds. The quantitative estimate of drug-likeness (QED) is 0.327. The molecule has 0 aliphatic heterocycles. The fourth-order valence-electron chi connectivity index (χ4n) is 3.11. The van der Waals surface area contributed by atoms with E-state index in [0.29, 0.717) is 22.4 Å². The molecule has 2 aromatic carbocycles. The number of halogens is 2. The molecule has 0 fully saturated rings. The third kappa shape index (κ3) is 5.57. The molecule has 6 heteroatoms. The van der Waals surface area contributed by atoms with Crippen LogP contribution in [0.3, 0.4) is 0 Å². The fraction of sp³-hybridized carbons (Fsp3) is 0.217. The summed E-state index contributed by atoms with van der Waals surface area (Å²) in [6.07, 6.45) is 3.24. The third-order valence-corrected chi connectivity index (χ3v) is 5.76. The number of aromatic carboxylic acids is 1. The van der Waals surface area contributed by atoms with Gasteiger partial charge in [0, 0.05) is 11.3 Å². The van der Waals surface area contributed by atoms with Gasteiger partial charge < -0.3 is 5.11 Å². The number of carboxylic acid groups (broad SMARTS) is 1. The van der Waals surface area contributed by atoms with Gasteiger partial charge in [0.15, 0.2) is 5.78 Å². The van der Waals surface area contributed by atoms with Crippen LogP contribution >= 0.6 is 11.3 Å². The molecule has 3 nitrogen and oxygen atoms in total. The van der Waals surface area contributed by atoms with Crippen LogP contribution in [0.15, 0.2) is 54.6 Å². The van der Waals surface area contributed by atoms with Crippen molar-refractivity contribution in [1.29, 1.82) is 0 Å². The lowest BCUT2D eigenvalue weighted by molar-refractivity contribution is 0.0702. The van der Waals surface area contributed by atoms with E-state index in [1.54, 1.807) is 18.2 Å². The summed E-state index contributed by atoms with van der Waals surface area (Å²) in [6.45, 7) is 0. The summed E-state index contributed by atoms with van der Waals surface area (Å²) < 4.78 is 27.6. The van der Waals surface area contributed by atoms with E-state index >= 15 is 0 Å². The average Bonchev–Trinajstić information content (AvgIpc) is 3.17. The maximum atomic E-state index is 14.1. The molecule has 0 radical (unpaired) electrons. The first kappa shape index (κ1) is 20.9. The number of carbonyl (C=O) groups is 2. The van der Waals surface area contributed by atoms with Crippen molar-refractivity contribution in [2.75, 3.05) is 0 Å². The zero-order valence-electron chi connectivity index (χ0n) is 15.7. The van der Waals surface area contributed by atoms with Gasteiger partial charge in [0.25, 0.3) is 0 Å². The van der Waals surface area contributed by atoms with Crippen molar-refractivity contribution in [2.45, 2.75) is 32.1 Å². The van der Waals surface area contributed by atoms with Crippen molar-refractivity contribution < 1.29 is 23.5 Å². The molecule has 0 aliphatic carbocycles. The van der Waals surface area contributed by atoms with Gasteiger partial charge in [-0.3, -0.25) is 4.79 Å². The lowest BCUT2D eigenvalue weighted by atomic mass is 9.98. The summed E-state index contributed by atoms with van der Waals surface area (Å²) in [7, 11) is 0. The number of hydrogen-bond donors (Lipinski definition) is 1. The highest BCUT2D eigenvalue weighted by Crippen LogP contribution is 2.24. The van der Waals surface area contributed by atoms with Crippen molar-refractivity contribution >= 4 is 23.1 Å². The highest BCUT2D eigenvalue weighted by molar-refractivity contribution is 7.13. The van der Waals surface area contributed by atoms with Gasteiger partial charge in [-0.25, -0.2) is 13.6 Å². The molecule has 0 atom stereocenters. The van der Waals surface area contributed by atoms with Crippen LogP contribution < -0.4 is 0 Å². The molecule has 0 unspecified atom stereocenters. The number of thiophene rings is 1. The van der Waals surface area contributed by atoms with Crippen molar-refractivity contribution in [2.24, 2.45) is 0 Å². The number of ketones is 1. The number of benzene rings is 2. The first-order valence-electron chi connectivity index (χ1n) is 9.35. The van der Waals surface area contributed by atoms with E-state index in [-0.39, 0.29) is 23.6 Å². The second-order valence-electron chi connectivity index (χ2n) is 6.76. The van der Waals surface area contributed by atoms with Crippen LogP contribution in [0.2, 0.25) is 0 Å². The van der Waals surface area contributed by atoms with Gasteiger partial charge in [-0.2, -0.15) is 0 Å². The zero-order chi connectivity index (χ0) is 20.8. The smallest absolute Gasteiger partial charge is 0.345 e. The molecule has 1 N–H and O–H groups in total. The molecule has 3 aromatic rings. The van der Waals surface area contributed by atoms with Crippen LogP contribution in [-0.4, -0.2) is 16.9 Å². The molecule has 1 aromatic heterocycles. The van der Waals surface area contributed by atoms with E-state index < -0.39 is 11.8 Å². The number of carbonyl (C=O) groups excluding carboxylic acids is 1. The van der Waals surface area contributed by atoms with Crippen LogP contribution in [0.25, 0.3) is 11.1 Å². The standard InChI is InChI=1S/C23H20F2O3S/c24-17-6-4-5-15(13-17)16-9-11-20(25)19(14-16)21(26)8-3-1-2-7-18-10-12-22(29-18)23(27)28/h4-6,9-14H,1-3,7-8H2,(H,27,28). The molecule has 29 heavy (non-hydrogen) atoms. The van der Waals surface area contributed by atoms with Crippen molar-refractivity contribution in [1.82, 2.24) is 0 Å². The second-order valence-corrected chi connectivity index (χ2v) is 7.93. The predicted octanol–water partition coefficient (Wildman–Crippen LogP) is 6.38. The highest BCUT2D eigenvalue weighted by Gasteiger charge is 2.13. The van der Waals surface area contributed by atoms with Crippen molar-refractivity contribution in [3.8, 4) is 11.1 Å². The van der Waals surface area contributed by atoms with Gasteiger partial charge in [0.05, 0.1) is 5.56 Å². The van der Waals surface area contributed by atoms with Gasteiger partial charge in [-0.1, -0.05) is 24.6 Å². The summed E-state index contributed by atoms with van der Waals surface area (Å²) in [6, 6.07) is 13.6. The minimum atomic E-state index is -0.922. The van der Waals surface area contributed by atoms with Crippen LogP contribution in [0.1, 0.15) is 50.6 Å². The van der Waals surface area contributed by atoms with E-state index in [4.69, 9.17) is 5.11 Å². The summed E-state index contributed by atoms with van der Waals surface area (Å²) >= 11 is 1.26. The summed E-state index contributed by atoms with van der Waals surface area (Å²) in [4.78, 5) is 24.7. The van der Waals surface area contributed by atoms with E-state index in [1.165, 1.54) is 41.7 Å². The van der Waals surface area contributed by atoms with Crippen LogP contribution in [0, 0.1) is 11.6 Å². The Labute approximate surface area is 171 Å². The molecule has 0 spiro atoms. The Hall–Kier alpha value is -2.86. The molecular weight excluding hydrogens is 394 g/mol. The molecule has 0 bridgehead atoms. The van der Waals surface area contributed by atoms with E-state index in [9.17, 15) is 18.4 Å². The normalized spacial score (nSPS) is 10.8. The molecular formula is C23H20F2O3S. The molecule has 3 rings (SSSR count). The van der Waals surface area contributed by atoms with Crippen LogP contribution in [0.5, 0.6) is 0 Å². The maximum Gasteiger partial charge on any atom is 0.345 e. The SMILES string of the molecule is O=C(O)c1ccc(CCCCCC(=O)c2cc(-c3cccc(F)c3)ccc2F)s1. The number of hydrogen-bond acceptors (Lipinski definition) is 3. The second kappa shape index (κ2) is 9.56. The maximum absolute atomic E-state index is 14.1. The molecule has 0 aliphatic rings. The number of aryl methyl sites for hydroxylation is 1. The highest BCUT2D eigenvalue weighted by atomic mass is 32.1. The summed E-state index contributed by atoms with van der Waals surface area (Å²) in [5.74, 6) is -2.16. The Morgan fingerprint density at radius 1 is 0.897 bits per heavy atom. The Balaban J connectivity index is 1.53. The van der Waals surface area contributed by atoms with Gasteiger partial charge in [-0.15, -0.1) is 11.3 Å². The lowest BCUT2D eigenvalue weighted by Gasteiger charge is -2.07. The Morgan fingerprint density at radius 2 is 1.69 bits per heavy atom. The van der Waals surface area contributed by atoms with Gasteiger partial charge in [0.2, 0.25) is 0 Å². The Kier molecular flexibility index (Phi) is 6.88. The Bertz CT molecular complexity index is 1030. The topological polar surface area (TPSA) is 54.4 Å². The summed E-state index contributed by atoms with van der Waals surface area (Å²) in [5.41, 5.74) is 1.22. The van der Waals surface area contributed by atoms with Crippen LogP contribution in [0.4, 0.5) is 8.78 Å². The number of Topliss-reactive ketones (excluding diaryl/α,β-unsaturated/α-hetero) is 1. The monoisotopic (exact) mass is 414 g/mol. The minimum Gasteiger partial charge on any atom is -0.477 e. The van der Waals surface area contributed by atoms with Crippen molar-refractivity contribution in [3.63, 3.8) is 0 Å². The molecule has 150 valence electrons. The molecule has 0 saturated carbocycles. The molecule has 1 heterocycles.